The van der Waals surface area contributed by atoms with Crippen molar-refractivity contribution < 1.29 is 13.2 Å². The highest BCUT2D eigenvalue weighted by Gasteiger charge is 2.32. The third kappa shape index (κ3) is 2.28. The van der Waals surface area contributed by atoms with E-state index in [0.717, 1.165) is 24.6 Å². The molecule has 0 bridgehead atoms. The van der Waals surface area contributed by atoms with Gasteiger partial charge in [0.05, 0.1) is 0 Å². The van der Waals surface area contributed by atoms with Crippen molar-refractivity contribution in [2.75, 3.05) is 13.1 Å². The molecule has 1 N–H and O–H groups in total. The molecule has 0 radical (unpaired) electrons. The van der Waals surface area contributed by atoms with Crippen molar-refractivity contribution in [3.63, 3.8) is 0 Å². The monoisotopic (exact) mass is 216 g/mol. The van der Waals surface area contributed by atoms with E-state index >= 15 is 0 Å². The van der Waals surface area contributed by atoms with E-state index < -0.39 is 11.9 Å². The van der Waals surface area contributed by atoms with E-state index in [9.17, 15) is 13.2 Å². The van der Waals surface area contributed by atoms with E-state index in [1.54, 1.807) is 0 Å². The zero-order chi connectivity index (χ0) is 10.9. The fraction of sp³-hybridized carbons (Fsp3) is 0.500. The minimum atomic E-state index is -4.34. The van der Waals surface area contributed by atoms with E-state index in [2.05, 4.69) is 10.3 Å². The fourth-order valence-electron chi connectivity index (χ4n) is 1.69. The van der Waals surface area contributed by atoms with Crippen molar-refractivity contribution in [1.82, 2.24) is 10.3 Å². The van der Waals surface area contributed by atoms with Crippen molar-refractivity contribution >= 4 is 0 Å². The van der Waals surface area contributed by atoms with Crippen LogP contribution in [0, 0.1) is 0 Å². The largest absolute Gasteiger partial charge is 0.433 e. The van der Waals surface area contributed by atoms with E-state index in [0.29, 0.717) is 18.7 Å². The first-order valence-electron chi connectivity index (χ1n) is 4.84. The first-order valence-corrected chi connectivity index (χ1v) is 4.84. The van der Waals surface area contributed by atoms with Gasteiger partial charge in [0.15, 0.2) is 0 Å². The predicted molar refractivity (Wildman–Crippen MR) is 49.5 cm³/mol. The van der Waals surface area contributed by atoms with Gasteiger partial charge in [0.1, 0.15) is 5.69 Å². The Morgan fingerprint density at radius 3 is 2.60 bits per heavy atom. The molecular formula is C10H11F3N2. The lowest BCUT2D eigenvalue weighted by molar-refractivity contribution is -0.141. The number of nitrogens with zero attached hydrogens (tertiary/aromatic N) is 1. The Morgan fingerprint density at radius 1 is 1.13 bits per heavy atom. The van der Waals surface area contributed by atoms with E-state index in [-0.39, 0.29) is 0 Å². The van der Waals surface area contributed by atoms with E-state index in [4.69, 9.17) is 0 Å². The quantitative estimate of drug-likeness (QED) is 0.715. The van der Waals surface area contributed by atoms with Crippen molar-refractivity contribution in [2.45, 2.75) is 19.0 Å². The Morgan fingerprint density at radius 2 is 1.87 bits per heavy atom. The summed E-state index contributed by atoms with van der Waals surface area (Å²) >= 11 is 0. The van der Waals surface area contributed by atoms with Crippen LogP contribution in [0.5, 0.6) is 0 Å². The highest BCUT2D eigenvalue weighted by molar-refractivity contribution is 5.26. The predicted octanol–water partition coefficient (Wildman–Crippen LogP) is 1.79. The van der Waals surface area contributed by atoms with Crippen LogP contribution in [0.15, 0.2) is 12.1 Å². The molecule has 5 heteroatoms. The van der Waals surface area contributed by atoms with Gasteiger partial charge in [0.25, 0.3) is 0 Å². The average molecular weight is 216 g/mol. The minimum absolute atomic E-state index is 0.569. The third-order valence-corrected chi connectivity index (χ3v) is 2.47. The van der Waals surface area contributed by atoms with Crippen molar-refractivity contribution in [2.24, 2.45) is 0 Å². The molecule has 1 aliphatic heterocycles. The van der Waals surface area contributed by atoms with Gasteiger partial charge in [-0.1, -0.05) is 6.07 Å². The molecule has 0 aromatic carbocycles. The van der Waals surface area contributed by atoms with E-state index in [1.807, 2.05) is 0 Å². The summed E-state index contributed by atoms with van der Waals surface area (Å²) in [5.74, 6) is 0. The average Bonchev–Trinajstić information content (AvgIpc) is 2.39. The van der Waals surface area contributed by atoms with Crippen molar-refractivity contribution in [3.05, 3.63) is 29.1 Å². The zero-order valence-corrected chi connectivity index (χ0v) is 8.06. The molecule has 1 aromatic rings. The molecule has 2 nitrogen and oxygen atoms in total. The summed E-state index contributed by atoms with van der Waals surface area (Å²) in [7, 11) is 0. The maximum atomic E-state index is 12.4. The van der Waals surface area contributed by atoms with Crippen LogP contribution in [0.1, 0.15) is 17.0 Å². The molecule has 0 amide bonds. The first-order chi connectivity index (χ1) is 7.07. The van der Waals surface area contributed by atoms with Gasteiger partial charge in [-0.25, -0.2) is 4.98 Å². The van der Waals surface area contributed by atoms with Crippen LogP contribution < -0.4 is 5.32 Å². The lowest BCUT2D eigenvalue weighted by Crippen LogP contribution is -2.16. The molecule has 0 fully saturated rings. The minimum Gasteiger partial charge on any atom is -0.316 e. The lowest BCUT2D eigenvalue weighted by Gasteiger charge is -2.09. The number of hydrogen-bond donors (Lipinski definition) is 1. The summed E-state index contributed by atoms with van der Waals surface area (Å²) < 4.78 is 37.1. The molecular weight excluding hydrogens is 205 g/mol. The van der Waals surface area contributed by atoms with Crippen LogP contribution >= 0.6 is 0 Å². The van der Waals surface area contributed by atoms with Crippen LogP contribution in [-0.4, -0.2) is 18.1 Å². The zero-order valence-electron chi connectivity index (χ0n) is 8.06. The first kappa shape index (κ1) is 10.4. The maximum absolute atomic E-state index is 12.4. The van der Waals surface area contributed by atoms with Crippen molar-refractivity contribution in [3.8, 4) is 0 Å². The lowest BCUT2D eigenvalue weighted by atomic mass is 10.1. The number of halogens is 3. The van der Waals surface area contributed by atoms with Crippen LogP contribution in [0.25, 0.3) is 0 Å². The molecule has 1 aromatic heterocycles. The standard InChI is InChI=1S/C10H11F3N2/c11-10(12,13)9-2-1-7-3-5-14-6-4-8(7)15-9/h1-2,14H,3-6H2. The number of hydrogen-bond acceptors (Lipinski definition) is 2. The molecule has 0 atom stereocenters. The van der Waals surface area contributed by atoms with Gasteiger partial charge < -0.3 is 5.32 Å². The van der Waals surface area contributed by atoms with Gasteiger partial charge in [-0.3, -0.25) is 0 Å². The second-order valence-corrected chi connectivity index (χ2v) is 3.55. The van der Waals surface area contributed by atoms with Gasteiger partial charge >= 0.3 is 6.18 Å². The molecule has 0 saturated carbocycles. The normalized spacial score (nSPS) is 17.0. The Kier molecular flexibility index (Phi) is 2.65. The summed E-state index contributed by atoms with van der Waals surface area (Å²) in [6, 6.07) is 2.60. The van der Waals surface area contributed by atoms with Crippen LogP contribution in [0.2, 0.25) is 0 Å². The maximum Gasteiger partial charge on any atom is 0.433 e. The summed E-state index contributed by atoms with van der Waals surface area (Å²) in [6.07, 6.45) is -3.02. The van der Waals surface area contributed by atoms with Crippen LogP contribution in [-0.2, 0) is 19.0 Å². The Labute approximate surface area is 85.5 Å². The number of pyridine rings is 1. The Hall–Kier alpha value is -1.10. The topological polar surface area (TPSA) is 24.9 Å². The molecule has 82 valence electrons. The highest BCUT2D eigenvalue weighted by atomic mass is 19.4. The molecule has 0 aliphatic carbocycles. The number of rotatable bonds is 0. The second kappa shape index (κ2) is 3.81. The van der Waals surface area contributed by atoms with Crippen LogP contribution in [0.3, 0.4) is 0 Å². The molecule has 15 heavy (non-hydrogen) atoms. The molecule has 0 saturated heterocycles. The van der Waals surface area contributed by atoms with Gasteiger partial charge in [-0.05, 0) is 24.6 Å². The van der Waals surface area contributed by atoms with E-state index in [1.165, 1.54) is 6.07 Å². The van der Waals surface area contributed by atoms with Gasteiger partial charge in [-0.15, -0.1) is 0 Å². The molecule has 0 unspecified atom stereocenters. The number of aromatic nitrogens is 1. The number of fused-ring (bicyclic) bond motifs is 1. The fourth-order valence-corrected chi connectivity index (χ4v) is 1.69. The smallest absolute Gasteiger partial charge is 0.316 e. The summed E-state index contributed by atoms with van der Waals surface area (Å²) in [6.45, 7) is 1.50. The Balaban J connectivity index is 2.36. The second-order valence-electron chi connectivity index (χ2n) is 3.55. The molecule has 2 heterocycles. The van der Waals surface area contributed by atoms with Gasteiger partial charge in [0, 0.05) is 18.7 Å². The summed E-state index contributed by atoms with van der Waals surface area (Å²) in [4.78, 5) is 3.68. The SMILES string of the molecule is FC(F)(F)c1ccc2c(n1)CCNCC2. The van der Waals surface area contributed by atoms with Gasteiger partial charge in [-0.2, -0.15) is 13.2 Å². The molecule has 0 spiro atoms. The summed E-state index contributed by atoms with van der Waals surface area (Å²) in [5, 5.41) is 3.13. The van der Waals surface area contributed by atoms with Crippen molar-refractivity contribution in [1.29, 1.82) is 0 Å². The third-order valence-electron chi connectivity index (χ3n) is 2.47. The summed E-state index contributed by atoms with van der Waals surface area (Å²) in [5.41, 5.74) is 0.714. The van der Waals surface area contributed by atoms with Crippen LogP contribution in [0.4, 0.5) is 13.2 Å². The number of alkyl halides is 3. The molecule has 2 rings (SSSR count). The Bertz CT molecular complexity index is 360. The molecule has 1 aliphatic rings. The number of nitrogens with one attached hydrogen (secondary N) is 1. The van der Waals surface area contributed by atoms with Gasteiger partial charge in [0.2, 0.25) is 0 Å². The highest BCUT2D eigenvalue weighted by Crippen LogP contribution is 2.28.